The van der Waals surface area contributed by atoms with E-state index < -0.39 is 0 Å². The maximum absolute atomic E-state index is 11.0. The number of anilines is 1. The Bertz CT molecular complexity index is 501. The number of hydrogen-bond donors (Lipinski definition) is 0. The number of methoxy groups -OCH3 is 1. The van der Waals surface area contributed by atoms with Gasteiger partial charge in [0.25, 0.3) is 0 Å². The number of aryl methyl sites for hydroxylation is 1. The summed E-state index contributed by atoms with van der Waals surface area (Å²) in [7, 11) is 3.85. The van der Waals surface area contributed by atoms with Gasteiger partial charge in [-0.3, -0.25) is 0 Å². The van der Waals surface area contributed by atoms with Crippen molar-refractivity contribution in [3.05, 3.63) is 27.7 Å². The summed E-state index contributed by atoms with van der Waals surface area (Å²) >= 11 is 3.63. The number of nitrogens with zero attached hydrogens (tertiary/aromatic N) is 1. The van der Waals surface area contributed by atoms with Crippen molar-refractivity contribution < 1.29 is 9.53 Å². The molecule has 0 aliphatic rings. The van der Waals surface area contributed by atoms with E-state index in [-0.39, 0.29) is 5.41 Å². The zero-order valence-corrected chi connectivity index (χ0v) is 18.0. The third-order valence-electron chi connectivity index (χ3n) is 4.10. The number of unbranched alkanes of at least 4 members (excludes halogenated alkanes) is 1. The van der Waals surface area contributed by atoms with Gasteiger partial charge in [0.15, 0.2) is 0 Å². The molecule has 4 heteroatoms. The highest BCUT2D eigenvalue weighted by Gasteiger charge is 2.25. The molecule has 0 atom stereocenters. The molecule has 3 nitrogen and oxygen atoms in total. The highest BCUT2D eigenvalue weighted by molar-refractivity contribution is 9.10. The molecule has 0 heterocycles. The molecule has 0 saturated heterocycles. The first kappa shape index (κ1) is 23.1. The van der Waals surface area contributed by atoms with Crippen LogP contribution < -0.4 is 4.90 Å². The van der Waals surface area contributed by atoms with Gasteiger partial charge in [0.1, 0.15) is 6.29 Å². The second kappa shape index (κ2) is 11.6. The molecule has 0 aliphatic carbocycles. The van der Waals surface area contributed by atoms with Crippen molar-refractivity contribution >= 4 is 27.9 Å². The van der Waals surface area contributed by atoms with E-state index in [0.29, 0.717) is 6.42 Å². The third kappa shape index (κ3) is 6.94. The van der Waals surface area contributed by atoms with Gasteiger partial charge in [-0.2, -0.15) is 0 Å². The molecule has 0 amide bonds. The predicted octanol–water partition coefficient (Wildman–Crippen LogP) is 5.51. The van der Waals surface area contributed by atoms with Crippen LogP contribution in [-0.4, -0.2) is 33.6 Å². The van der Waals surface area contributed by atoms with Gasteiger partial charge in [0.05, 0.1) is 0 Å². The largest absolute Gasteiger partial charge is 0.385 e. The highest BCUT2D eigenvalue weighted by atomic mass is 79.9. The third-order valence-corrected chi connectivity index (χ3v) is 4.96. The normalized spacial score (nSPS) is 10.8. The molecule has 0 aliphatic heterocycles. The number of carbonyl (C=O) groups is 1. The summed E-state index contributed by atoms with van der Waals surface area (Å²) < 4.78 is 6.22. The van der Waals surface area contributed by atoms with Crippen molar-refractivity contribution in [3.63, 3.8) is 0 Å². The van der Waals surface area contributed by atoms with E-state index in [0.717, 1.165) is 36.8 Å². The summed E-state index contributed by atoms with van der Waals surface area (Å²) in [5.41, 5.74) is 3.46. The monoisotopic (exact) mass is 399 g/mol. The Labute approximate surface area is 156 Å². The molecule has 0 fully saturated rings. The first-order valence-corrected chi connectivity index (χ1v) is 9.57. The molecular formula is C20H34BrNO2. The summed E-state index contributed by atoms with van der Waals surface area (Å²) in [6.45, 7) is 12.1. The van der Waals surface area contributed by atoms with Crippen molar-refractivity contribution in [2.24, 2.45) is 0 Å². The van der Waals surface area contributed by atoms with Gasteiger partial charge >= 0.3 is 0 Å². The van der Waals surface area contributed by atoms with Crippen LogP contribution in [0.5, 0.6) is 0 Å². The van der Waals surface area contributed by atoms with Crippen LogP contribution in [0.25, 0.3) is 0 Å². The smallest absolute Gasteiger partial charge is 0.120 e. The fourth-order valence-electron chi connectivity index (χ4n) is 2.56. The highest BCUT2D eigenvalue weighted by Crippen LogP contribution is 2.37. The molecule has 0 bridgehead atoms. The molecular weight excluding hydrogens is 366 g/mol. The topological polar surface area (TPSA) is 29.5 Å². The Balaban J connectivity index is 0.00000254. The SMILES string of the molecule is CC.COCCCCN(C)c1cc(Br)c(C)cc1C(C)(C)CC=O. The van der Waals surface area contributed by atoms with E-state index >= 15 is 0 Å². The summed E-state index contributed by atoms with van der Waals surface area (Å²) in [6.07, 6.45) is 3.68. The van der Waals surface area contributed by atoms with Crippen molar-refractivity contribution in [1.29, 1.82) is 0 Å². The molecule has 0 saturated carbocycles. The number of ether oxygens (including phenoxy) is 1. The summed E-state index contributed by atoms with van der Waals surface area (Å²) in [6, 6.07) is 4.38. The van der Waals surface area contributed by atoms with Crippen LogP contribution in [0.3, 0.4) is 0 Å². The first-order chi connectivity index (χ1) is 11.3. The van der Waals surface area contributed by atoms with Crippen molar-refractivity contribution in [2.75, 3.05) is 32.2 Å². The second-order valence-corrected chi connectivity index (χ2v) is 7.35. The Hall–Kier alpha value is -0.870. The number of halogens is 1. The predicted molar refractivity (Wildman–Crippen MR) is 108 cm³/mol. The van der Waals surface area contributed by atoms with Crippen LogP contribution in [0.15, 0.2) is 16.6 Å². The van der Waals surface area contributed by atoms with Crippen LogP contribution in [-0.2, 0) is 14.9 Å². The van der Waals surface area contributed by atoms with Crippen molar-refractivity contribution in [2.45, 2.75) is 59.3 Å². The maximum Gasteiger partial charge on any atom is 0.120 e. The molecule has 138 valence electrons. The lowest BCUT2D eigenvalue weighted by Crippen LogP contribution is -2.26. The van der Waals surface area contributed by atoms with Crippen LogP contribution in [0.2, 0.25) is 0 Å². The molecule has 1 aromatic rings. The standard InChI is InChI=1S/C18H28BrNO2.C2H6/c1-14-12-15(18(2,3)8-10-21)17(13-16(14)19)20(4)9-6-7-11-22-5;1-2/h10,12-13H,6-9,11H2,1-5H3;1-2H3. The van der Waals surface area contributed by atoms with Gasteiger partial charge in [-0.05, 0) is 42.4 Å². The molecule has 0 unspecified atom stereocenters. The number of rotatable bonds is 9. The van der Waals surface area contributed by atoms with E-state index in [4.69, 9.17) is 4.74 Å². The molecule has 0 N–H and O–H groups in total. The fraction of sp³-hybridized carbons (Fsp3) is 0.650. The number of carbonyl (C=O) groups excluding carboxylic acids is 1. The summed E-state index contributed by atoms with van der Waals surface area (Å²) in [4.78, 5) is 13.3. The Morgan fingerprint density at radius 3 is 2.42 bits per heavy atom. The van der Waals surface area contributed by atoms with E-state index in [1.165, 1.54) is 16.8 Å². The minimum absolute atomic E-state index is 0.163. The number of aldehydes is 1. The van der Waals surface area contributed by atoms with Gasteiger partial charge in [-0.15, -0.1) is 0 Å². The van der Waals surface area contributed by atoms with E-state index in [2.05, 4.69) is 60.8 Å². The van der Waals surface area contributed by atoms with E-state index in [1.54, 1.807) is 7.11 Å². The van der Waals surface area contributed by atoms with Crippen molar-refractivity contribution in [3.8, 4) is 0 Å². The Morgan fingerprint density at radius 2 is 1.88 bits per heavy atom. The maximum atomic E-state index is 11.0. The van der Waals surface area contributed by atoms with Crippen LogP contribution in [0.4, 0.5) is 5.69 Å². The Morgan fingerprint density at radius 1 is 1.25 bits per heavy atom. The molecule has 0 radical (unpaired) electrons. The minimum atomic E-state index is -0.163. The second-order valence-electron chi connectivity index (χ2n) is 6.49. The zero-order chi connectivity index (χ0) is 18.8. The average molecular weight is 400 g/mol. The lowest BCUT2D eigenvalue weighted by atomic mass is 9.80. The molecule has 1 rings (SSSR count). The average Bonchev–Trinajstić information content (AvgIpc) is 2.55. The van der Waals surface area contributed by atoms with E-state index in [1.807, 2.05) is 13.8 Å². The van der Waals surface area contributed by atoms with E-state index in [9.17, 15) is 4.79 Å². The summed E-state index contributed by atoms with van der Waals surface area (Å²) in [5, 5.41) is 0. The van der Waals surface area contributed by atoms with Gasteiger partial charge in [-0.25, -0.2) is 0 Å². The first-order valence-electron chi connectivity index (χ1n) is 8.78. The Kier molecular flexibility index (Phi) is 11.2. The lowest BCUT2D eigenvalue weighted by molar-refractivity contribution is -0.108. The van der Waals surface area contributed by atoms with Gasteiger partial charge in [0, 0.05) is 43.9 Å². The van der Waals surface area contributed by atoms with Crippen LogP contribution >= 0.6 is 15.9 Å². The van der Waals surface area contributed by atoms with Gasteiger partial charge < -0.3 is 14.4 Å². The number of benzene rings is 1. The summed E-state index contributed by atoms with van der Waals surface area (Å²) in [5.74, 6) is 0. The van der Waals surface area contributed by atoms with Crippen molar-refractivity contribution in [1.82, 2.24) is 0 Å². The molecule has 0 aromatic heterocycles. The quantitative estimate of drug-likeness (QED) is 0.404. The minimum Gasteiger partial charge on any atom is -0.385 e. The molecule has 24 heavy (non-hydrogen) atoms. The van der Waals surface area contributed by atoms with Crippen LogP contribution in [0, 0.1) is 6.92 Å². The van der Waals surface area contributed by atoms with Crippen LogP contribution in [0.1, 0.15) is 58.1 Å². The number of hydrogen-bond acceptors (Lipinski definition) is 3. The molecule has 1 aromatic carbocycles. The fourth-order valence-corrected chi connectivity index (χ4v) is 2.89. The lowest BCUT2D eigenvalue weighted by Gasteiger charge is -2.31. The van der Waals surface area contributed by atoms with Gasteiger partial charge in [0.2, 0.25) is 0 Å². The van der Waals surface area contributed by atoms with Gasteiger partial charge in [-0.1, -0.05) is 49.7 Å². The molecule has 0 spiro atoms. The zero-order valence-electron chi connectivity index (χ0n) is 16.4.